The standard InChI is InChI=1S/C12H25NO/c1-9(2)13-7-10(3)12(5-6-14)11(4)8-13/h9-12,14H,5-8H2,1-4H3/t10-,11+,12?. The number of hydrogen-bond donors (Lipinski definition) is 1. The second-order valence-electron chi connectivity index (χ2n) is 5.18. The minimum absolute atomic E-state index is 0.348. The van der Waals surface area contributed by atoms with Gasteiger partial charge in [-0.15, -0.1) is 0 Å². The summed E-state index contributed by atoms with van der Waals surface area (Å²) in [5.41, 5.74) is 0. The Morgan fingerprint density at radius 2 is 1.71 bits per heavy atom. The van der Waals surface area contributed by atoms with Gasteiger partial charge in [-0.1, -0.05) is 13.8 Å². The number of aliphatic hydroxyl groups excluding tert-OH is 1. The van der Waals surface area contributed by atoms with Gasteiger partial charge in [-0.3, -0.25) is 0 Å². The summed E-state index contributed by atoms with van der Waals surface area (Å²) < 4.78 is 0. The first-order valence-electron chi connectivity index (χ1n) is 5.91. The van der Waals surface area contributed by atoms with Crippen LogP contribution >= 0.6 is 0 Å². The van der Waals surface area contributed by atoms with E-state index in [2.05, 4.69) is 32.6 Å². The number of rotatable bonds is 3. The zero-order valence-electron chi connectivity index (χ0n) is 10.0. The van der Waals surface area contributed by atoms with Crippen molar-refractivity contribution in [2.24, 2.45) is 17.8 Å². The number of likely N-dealkylation sites (tertiary alicyclic amines) is 1. The van der Waals surface area contributed by atoms with E-state index in [1.807, 2.05) is 0 Å². The summed E-state index contributed by atoms with van der Waals surface area (Å²) in [6.45, 7) is 11.9. The third-order valence-electron chi connectivity index (χ3n) is 3.70. The van der Waals surface area contributed by atoms with Crippen molar-refractivity contribution in [1.82, 2.24) is 4.90 Å². The SMILES string of the molecule is CC(C)N1C[C@@H](C)C(CCO)[C@@H](C)C1. The molecule has 0 saturated carbocycles. The molecule has 3 atom stereocenters. The molecule has 1 aliphatic rings. The zero-order chi connectivity index (χ0) is 10.7. The van der Waals surface area contributed by atoms with Crippen LogP contribution in [0.5, 0.6) is 0 Å². The van der Waals surface area contributed by atoms with Crippen LogP contribution in [0.15, 0.2) is 0 Å². The summed E-state index contributed by atoms with van der Waals surface area (Å²) in [6.07, 6.45) is 0.980. The molecule has 0 aromatic heterocycles. The van der Waals surface area contributed by atoms with Crippen molar-refractivity contribution in [2.45, 2.75) is 40.2 Å². The zero-order valence-corrected chi connectivity index (χ0v) is 10.0. The summed E-state index contributed by atoms with van der Waals surface area (Å²) >= 11 is 0. The fourth-order valence-electron chi connectivity index (χ4n) is 2.79. The Bertz CT molecular complexity index is 158. The maximum Gasteiger partial charge on any atom is 0.0433 e. The first-order valence-corrected chi connectivity index (χ1v) is 5.91. The monoisotopic (exact) mass is 199 g/mol. The molecule has 1 N–H and O–H groups in total. The largest absolute Gasteiger partial charge is 0.396 e. The Morgan fingerprint density at radius 1 is 1.21 bits per heavy atom. The van der Waals surface area contributed by atoms with Gasteiger partial charge in [0.2, 0.25) is 0 Å². The summed E-state index contributed by atoms with van der Waals surface area (Å²) in [5.74, 6) is 2.18. The van der Waals surface area contributed by atoms with Crippen LogP contribution in [0.3, 0.4) is 0 Å². The molecule has 1 rings (SSSR count). The first-order chi connectivity index (χ1) is 6.56. The third kappa shape index (κ3) is 2.71. The molecule has 2 nitrogen and oxygen atoms in total. The molecule has 1 saturated heterocycles. The molecule has 1 heterocycles. The van der Waals surface area contributed by atoms with Gasteiger partial charge in [0.1, 0.15) is 0 Å². The van der Waals surface area contributed by atoms with E-state index in [0.717, 1.165) is 24.2 Å². The predicted molar refractivity (Wildman–Crippen MR) is 60.2 cm³/mol. The number of nitrogens with zero attached hydrogens (tertiary/aromatic N) is 1. The van der Waals surface area contributed by atoms with Crippen LogP contribution in [-0.2, 0) is 0 Å². The molecule has 2 heteroatoms. The van der Waals surface area contributed by atoms with E-state index in [-0.39, 0.29) is 0 Å². The van der Waals surface area contributed by atoms with E-state index >= 15 is 0 Å². The Kier molecular flexibility index (Phi) is 4.39. The maximum atomic E-state index is 9.02. The van der Waals surface area contributed by atoms with E-state index in [0.29, 0.717) is 12.6 Å². The van der Waals surface area contributed by atoms with E-state index in [1.165, 1.54) is 13.1 Å². The molecule has 1 unspecified atom stereocenters. The molecular weight excluding hydrogens is 174 g/mol. The molecule has 0 aromatic rings. The molecule has 0 aliphatic carbocycles. The van der Waals surface area contributed by atoms with Crippen LogP contribution in [-0.4, -0.2) is 35.7 Å². The highest BCUT2D eigenvalue weighted by Crippen LogP contribution is 2.31. The van der Waals surface area contributed by atoms with Crippen molar-refractivity contribution in [3.63, 3.8) is 0 Å². The van der Waals surface area contributed by atoms with Gasteiger partial charge in [-0.2, -0.15) is 0 Å². The van der Waals surface area contributed by atoms with E-state index in [1.54, 1.807) is 0 Å². The topological polar surface area (TPSA) is 23.5 Å². The fourth-order valence-corrected chi connectivity index (χ4v) is 2.79. The average Bonchev–Trinajstić information content (AvgIpc) is 2.10. The highest BCUT2D eigenvalue weighted by molar-refractivity contribution is 4.83. The van der Waals surface area contributed by atoms with Crippen molar-refractivity contribution in [3.8, 4) is 0 Å². The Morgan fingerprint density at radius 3 is 2.07 bits per heavy atom. The molecule has 1 aliphatic heterocycles. The van der Waals surface area contributed by atoms with Crippen molar-refractivity contribution in [3.05, 3.63) is 0 Å². The smallest absolute Gasteiger partial charge is 0.0433 e. The summed E-state index contributed by atoms with van der Waals surface area (Å²) in [7, 11) is 0. The molecular formula is C12H25NO. The predicted octanol–water partition coefficient (Wildman–Crippen LogP) is 1.98. The molecule has 0 spiro atoms. The van der Waals surface area contributed by atoms with Gasteiger partial charge >= 0.3 is 0 Å². The molecule has 0 aromatic carbocycles. The summed E-state index contributed by atoms with van der Waals surface area (Å²) in [4.78, 5) is 2.56. The number of aliphatic hydroxyl groups is 1. The van der Waals surface area contributed by atoms with Crippen LogP contribution in [0, 0.1) is 17.8 Å². The summed E-state index contributed by atoms with van der Waals surface area (Å²) in [6, 6.07) is 0.662. The average molecular weight is 199 g/mol. The van der Waals surface area contributed by atoms with Crippen LogP contribution in [0.25, 0.3) is 0 Å². The van der Waals surface area contributed by atoms with Crippen molar-refractivity contribution in [1.29, 1.82) is 0 Å². The Balaban J connectivity index is 2.53. The van der Waals surface area contributed by atoms with Crippen LogP contribution in [0.2, 0.25) is 0 Å². The molecule has 14 heavy (non-hydrogen) atoms. The second kappa shape index (κ2) is 5.13. The second-order valence-corrected chi connectivity index (χ2v) is 5.18. The lowest BCUT2D eigenvalue weighted by molar-refractivity contribution is 0.0438. The lowest BCUT2D eigenvalue weighted by atomic mass is 9.77. The Labute approximate surface area is 88.3 Å². The highest BCUT2D eigenvalue weighted by atomic mass is 16.3. The first kappa shape index (κ1) is 12.0. The highest BCUT2D eigenvalue weighted by Gasteiger charge is 2.31. The van der Waals surface area contributed by atoms with Crippen LogP contribution in [0.4, 0.5) is 0 Å². The third-order valence-corrected chi connectivity index (χ3v) is 3.70. The van der Waals surface area contributed by atoms with Crippen LogP contribution < -0.4 is 0 Å². The minimum Gasteiger partial charge on any atom is -0.396 e. The molecule has 0 bridgehead atoms. The lowest BCUT2D eigenvalue weighted by Crippen LogP contribution is -2.47. The molecule has 0 amide bonds. The maximum absolute atomic E-state index is 9.02. The molecule has 84 valence electrons. The van der Waals surface area contributed by atoms with E-state index in [9.17, 15) is 0 Å². The minimum atomic E-state index is 0.348. The van der Waals surface area contributed by atoms with Gasteiger partial charge in [0.15, 0.2) is 0 Å². The van der Waals surface area contributed by atoms with Gasteiger partial charge in [0.25, 0.3) is 0 Å². The van der Waals surface area contributed by atoms with Gasteiger partial charge in [0.05, 0.1) is 0 Å². The fraction of sp³-hybridized carbons (Fsp3) is 1.00. The van der Waals surface area contributed by atoms with E-state index in [4.69, 9.17) is 5.11 Å². The quantitative estimate of drug-likeness (QED) is 0.751. The Hall–Kier alpha value is -0.0800. The lowest BCUT2D eigenvalue weighted by Gasteiger charge is -2.43. The summed E-state index contributed by atoms with van der Waals surface area (Å²) in [5, 5.41) is 9.02. The molecule has 0 radical (unpaired) electrons. The van der Waals surface area contributed by atoms with E-state index < -0.39 is 0 Å². The number of hydrogen-bond acceptors (Lipinski definition) is 2. The van der Waals surface area contributed by atoms with Gasteiger partial charge in [0, 0.05) is 25.7 Å². The van der Waals surface area contributed by atoms with Gasteiger partial charge in [-0.05, 0) is 38.0 Å². The van der Waals surface area contributed by atoms with Gasteiger partial charge < -0.3 is 10.0 Å². The molecule has 1 fully saturated rings. The number of piperidine rings is 1. The van der Waals surface area contributed by atoms with Crippen LogP contribution in [0.1, 0.15) is 34.1 Å². The van der Waals surface area contributed by atoms with Gasteiger partial charge in [-0.25, -0.2) is 0 Å². The van der Waals surface area contributed by atoms with Crippen molar-refractivity contribution in [2.75, 3.05) is 19.7 Å². The van der Waals surface area contributed by atoms with Crippen molar-refractivity contribution >= 4 is 0 Å². The van der Waals surface area contributed by atoms with Crippen molar-refractivity contribution < 1.29 is 5.11 Å². The normalized spacial score (nSPS) is 35.1.